The maximum atomic E-state index is 14.3. The molecule has 4 aliphatic rings. The minimum Gasteiger partial charge on any atom is -0.456 e. The van der Waals surface area contributed by atoms with Crippen LogP contribution in [0.4, 0.5) is 0 Å². The maximum Gasteiger partial charge on any atom is 0.309 e. The van der Waals surface area contributed by atoms with Gasteiger partial charge >= 0.3 is 11.9 Å². The maximum absolute atomic E-state index is 14.3. The molecule has 19 atom stereocenters. The molecule has 0 saturated carbocycles. The fraction of sp³-hybridized carbons (Fsp3) is 0.541. The first kappa shape index (κ1) is 69.6. The number of carbonyl (C=O) groups excluding carboxylic acids is 2. The number of fused-ring (bicyclic) bond motifs is 1. The molecule has 17 nitrogen and oxygen atoms in total. The Bertz CT molecular complexity index is 2870. The number of benzene rings is 5. The van der Waals surface area contributed by atoms with Crippen molar-refractivity contribution in [3.8, 4) is 0 Å². The number of aliphatic hydroxyl groups is 1. The second kappa shape index (κ2) is 36.1. The summed E-state index contributed by atoms with van der Waals surface area (Å²) in [5, 5.41) is 13.3. The molecule has 4 saturated heterocycles. The van der Waals surface area contributed by atoms with Crippen LogP contribution >= 0.6 is 0 Å². The van der Waals surface area contributed by atoms with E-state index in [0.717, 1.165) is 66.3 Å². The molecule has 0 amide bonds. The standard InChI is InChI=1S/C74H96O17/c1-8-12-19-41-57(42-20-13-9-2)84-74-68(66(81-46-55-37-27-17-28-38-55)63(79-44-53-33-23-15-24-34-53)58(85-74)47-78-43-52-31-21-14-22-32-52)91-72-64(60(75)62-59(86-72)48-82-71(89-62)56-39-29-18-30-40-56)90-73-67(88-70(77)50(6)11-4)65(80-45-54-35-25-16-26-36-54)61(51(7)83-73)87-69(76)49(5)10-3/h8,14-18,21-40,49-51,57-68,71-75H,1,9-13,19-20,41-48H2,2-7H3/t49-,50-,51-,57+,58+,59+,60-,61-,62+,63+,64+,65+,66-,67+,68+,71?,72-,73-,74+/m0/s1. The third-order valence-corrected chi connectivity index (χ3v) is 17.5. The monoisotopic (exact) mass is 1260 g/mol. The number of hydrogen-bond donors (Lipinski definition) is 1. The molecule has 1 unspecified atom stereocenters. The van der Waals surface area contributed by atoms with Gasteiger partial charge in [0.15, 0.2) is 37.4 Å². The van der Waals surface area contributed by atoms with Gasteiger partial charge in [-0.05, 0) is 67.7 Å². The minimum atomic E-state index is -1.54. The predicted molar refractivity (Wildman–Crippen MR) is 340 cm³/mol. The Hall–Kier alpha value is -5.74. The number of esters is 2. The van der Waals surface area contributed by atoms with Crippen LogP contribution in [0.3, 0.4) is 0 Å². The van der Waals surface area contributed by atoms with E-state index in [1.165, 1.54) is 0 Å². The highest BCUT2D eigenvalue weighted by Crippen LogP contribution is 2.41. The number of hydrogen-bond acceptors (Lipinski definition) is 17. The van der Waals surface area contributed by atoms with Crippen molar-refractivity contribution in [1.82, 2.24) is 0 Å². The quantitative estimate of drug-likeness (QED) is 0.0233. The van der Waals surface area contributed by atoms with Gasteiger partial charge in [-0.15, -0.1) is 6.58 Å². The van der Waals surface area contributed by atoms with Gasteiger partial charge in [0, 0.05) is 5.56 Å². The fourth-order valence-corrected chi connectivity index (χ4v) is 11.7. The van der Waals surface area contributed by atoms with Gasteiger partial charge in [0.25, 0.3) is 0 Å². The van der Waals surface area contributed by atoms with E-state index in [1.807, 2.05) is 172 Å². The largest absolute Gasteiger partial charge is 0.456 e. The molecule has 494 valence electrons. The molecule has 0 bridgehead atoms. The van der Waals surface area contributed by atoms with Crippen LogP contribution in [0.5, 0.6) is 0 Å². The Morgan fingerprint density at radius 1 is 0.560 bits per heavy atom. The lowest BCUT2D eigenvalue weighted by Gasteiger charge is -2.52. The molecule has 9 rings (SSSR count). The van der Waals surface area contributed by atoms with Gasteiger partial charge < -0.3 is 71.4 Å². The molecule has 17 heteroatoms. The second-order valence-corrected chi connectivity index (χ2v) is 24.3. The molecule has 91 heavy (non-hydrogen) atoms. The third kappa shape index (κ3) is 19.7. The number of ether oxygens (including phenoxy) is 14. The van der Waals surface area contributed by atoms with E-state index in [0.29, 0.717) is 25.9 Å². The van der Waals surface area contributed by atoms with Gasteiger partial charge in [-0.1, -0.05) is 212 Å². The summed E-state index contributed by atoms with van der Waals surface area (Å²) in [6, 6.07) is 48.6. The van der Waals surface area contributed by atoms with Gasteiger partial charge in [-0.25, -0.2) is 0 Å². The molecule has 5 aromatic rings. The zero-order chi connectivity index (χ0) is 63.9. The lowest BCUT2D eigenvalue weighted by atomic mass is 9.95. The molecule has 1 N–H and O–H groups in total. The summed E-state index contributed by atoms with van der Waals surface area (Å²) in [5.41, 5.74) is 4.34. The van der Waals surface area contributed by atoms with E-state index < -0.39 is 122 Å². The van der Waals surface area contributed by atoms with Crippen LogP contribution in [0.25, 0.3) is 0 Å². The van der Waals surface area contributed by atoms with Gasteiger partial charge in [-0.3, -0.25) is 9.59 Å². The van der Waals surface area contributed by atoms with E-state index in [-0.39, 0.29) is 39.1 Å². The summed E-state index contributed by atoms with van der Waals surface area (Å²) in [4.78, 5) is 28.2. The van der Waals surface area contributed by atoms with Gasteiger partial charge in [0.05, 0.1) is 63.7 Å². The van der Waals surface area contributed by atoms with E-state index in [4.69, 9.17) is 66.3 Å². The van der Waals surface area contributed by atoms with Crippen LogP contribution in [0, 0.1) is 11.8 Å². The highest BCUT2D eigenvalue weighted by molar-refractivity contribution is 5.73. The highest BCUT2D eigenvalue weighted by Gasteiger charge is 2.58. The molecular weight excluding hydrogens is 1160 g/mol. The SMILES string of the molecule is C=CCCC[C@H](CCCCC)O[C@@H]1O[C@H](COCc2ccccc2)[C@@H](OCc2ccccc2)[C@H](OCc2ccccc2)[C@H]1O[C@@H]1O[C@@H]2COC(c3ccccc3)O[C@H]2[C@H](O)[C@H]1O[C@@H]1O[C@@H](C)[C@H](OC(=O)[C@@H](C)CC)[C@@H](OCc2ccccc2)[C@H]1OC(=O)[C@@H](C)CC. The van der Waals surface area contributed by atoms with Crippen LogP contribution in [-0.4, -0.2) is 128 Å². The molecule has 0 aromatic heterocycles. The van der Waals surface area contributed by atoms with E-state index in [9.17, 15) is 14.7 Å². The number of allylic oxidation sites excluding steroid dienone is 1. The average molecular weight is 1260 g/mol. The molecule has 4 heterocycles. The summed E-state index contributed by atoms with van der Waals surface area (Å²) in [6.45, 7) is 16.0. The highest BCUT2D eigenvalue weighted by atomic mass is 16.8. The van der Waals surface area contributed by atoms with Crippen molar-refractivity contribution in [2.24, 2.45) is 11.8 Å². The van der Waals surface area contributed by atoms with E-state index >= 15 is 0 Å². The van der Waals surface area contributed by atoms with Crippen LogP contribution < -0.4 is 0 Å². The summed E-state index contributed by atoms with van der Waals surface area (Å²) in [6.07, 6.45) is -9.90. The van der Waals surface area contributed by atoms with Crippen molar-refractivity contribution < 1.29 is 81.0 Å². The number of carbonyl (C=O) groups is 2. The number of rotatable bonds is 34. The molecule has 0 aliphatic carbocycles. The topological polar surface area (TPSA) is 184 Å². The third-order valence-electron chi connectivity index (χ3n) is 17.5. The lowest BCUT2D eigenvalue weighted by molar-refractivity contribution is -0.416. The van der Waals surface area contributed by atoms with Crippen molar-refractivity contribution >= 4 is 11.9 Å². The first-order chi connectivity index (χ1) is 44.4. The fourth-order valence-electron chi connectivity index (χ4n) is 11.7. The van der Waals surface area contributed by atoms with Crippen molar-refractivity contribution in [2.45, 2.75) is 230 Å². The zero-order valence-electron chi connectivity index (χ0n) is 53.8. The Labute approximate surface area is 538 Å². The van der Waals surface area contributed by atoms with Crippen molar-refractivity contribution in [1.29, 1.82) is 0 Å². The first-order valence-electron chi connectivity index (χ1n) is 33.0. The Morgan fingerprint density at radius 2 is 1.05 bits per heavy atom. The van der Waals surface area contributed by atoms with Crippen LogP contribution in [0.2, 0.25) is 0 Å². The Morgan fingerprint density at radius 3 is 1.60 bits per heavy atom. The Balaban J connectivity index is 1.15. The molecule has 0 radical (unpaired) electrons. The zero-order valence-corrected chi connectivity index (χ0v) is 53.8. The van der Waals surface area contributed by atoms with Gasteiger partial charge in [-0.2, -0.15) is 0 Å². The summed E-state index contributed by atoms with van der Waals surface area (Å²) in [5.74, 6) is -2.06. The normalized spacial score (nSPS) is 29.3. The minimum absolute atomic E-state index is 0.0138. The summed E-state index contributed by atoms with van der Waals surface area (Å²) >= 11 is 0. The summed E-state index contributed by atoms with van der Waals surface area (Å²) in [7, 11) is 0. The van der Waals surface area contributed by atoms with Crippen molar-refractivity contribution in [2.75, 3.05) is 13.2 Å². The smallest absolute Gasteiger partial charge is 0.309 e. The van der Waals surface area contributed by atoms with Crippen molar-refractivity contribution in [3.05, 3.63) is 192 Å². The van der Waals surface area contributed by atoms with Crippen LogP contribution in [0.1, 0.15) is 133 Å². The predicted octanol–water partition coefficient (Wildman–Crippen LogP) is 12.6. The first-order valence-corrected chi connectivity index (χ1v) is 33.0. The molecular formula is C74H96O17. The lowest BCUT2D eigenvalue weighted by Crippen LogP contribution is -2.68. The van der Waals surface area contributed by atoms with Crippen LogP contribution in [0.15, 0.2) is 164 Å². The van der Waals surface area contributed by atoms with E-state index in [2.05, 4.69) is 13.5 Å². The molecule has 4 aliphatic heterocycles. The van der Waals surface area contributed by atoms with E-state index in [1.54, 1.807) is 20.8 Å². The molecule has 4 fully saturated rings. The van der Waals surface area contributed by atoms with Crippen molar-refractivity contribution in [3.63, 3.8) is 0 Å². The molecule has 5 aromatic carbocycles. The van der Waals surface area contributed by atoms with Crippen LogP contribution in [-0.2, 0) is 102 Å². The second-order valence-electron chi connectivity index (χ2n) is 24.3. The van der Waals surface area contributed by atoms with Gasteiger partial charge in [0.1, 0.15) is 54.9 Å². The number of unbranched alkanes of at least 4 members (excludes halogenated alkanes) is 3. The summed E-state index contributed by atoms with van der Waals surface area (Å²) < 4.78 is 97.0. The molecule has 0 spiro atoms. The number of aliphatic hydroxyl groups excluding tert-OH is 1. The Kier molecular flexibility index (Phi) is 27.6. The van der Waals surface area contributed by atoms with Gasteiger partial charge in [0.2, 0.25) is 0 Å². The average Bonchev–Trinajstić information content (AvgIpc) is 0.952.